The summed E-state index contributed by atoms with van der Waals surface area (Å²) in [6.07, 6.45) is 0. The van der Waals surface area contributed by atoms with Gasteiger partial charge in [-0.15, -0.1) is 0 Å². The lowest BCUT2D eigenvalue weighted by Crippen LogP contribution is -2.60. The molecular formula is C72H45BN2O2. The van der Waals surface area contributed by atoms with Crippen LogP contribution in [0.5, 0.6) is 0 Å². The first-order chi connectivity index (χ1) is 38.2. The number of hydrogen-bond acceptors (Lipinski definition) is 4. The molecule has 358 valence electrons. The Morgan fingerprint density at radius 1 is 0.312 bits per heavy atom. The van der Waals surface area contributed by atoms with Crippen LogP contribution in [-0.2, 0) is 0 Å². The van der Waals surface area contributed by atoms with Crippen LogP contribution in [0.4, 0.5) is 28.4 Å². The number of nitrogens with zero attached hydrogens (tertiary/aromatic N) is 1. The Kier molecular flexibility index (Phi) is 9.70. The second-order valence-electron chi connectivity index (χ2n) is 20.3. The molecule has 0 saturated heterocycles. The summed E-state index contributed by atoms with van der Waals surface area (Å²) < 4.78 is 13.5. The maximum absolute atomic E-state index is 6.80. The van der Waals surface area contributed by atoms with E-state index in [-0.39, 0.29) is 6.71 Å². The zero-order chi connectivity index (χ0) is 50.6. The molecule has 0 unspecified atom stereocenters. The van der Waals surface area contributed by atoms with Gasteiger partial charge in [0, 0.05) is 72.1 Å². The van der Waals surface area contributed by atoms with E-state index in [1.807, 2.05) is 12.1 Å². The topological polar surface area (TPSA) is 41.6 Å². The standard InChI is InChI=1S/C72H45BN2O2/c1-5-19-45(20-6-1)51-41-59(47-23-9-3-10-24-47)70(60(42-51)48-25-11-4-12-26-48)75-64-39-36-50(54-30-18-32-58-56-28-14-16-34-67(56)77-72(54)58)44-62(64)73-61-43-49(53-29-17-31-57-55-27-13-15-33-66(55)76-71(53)57)35-38-63(61)74-69-52(37-40-65(75)68(69)73)46-21-7-2-8-22-46/h1-44,74H. The molecule has 4 nitrogen and oxygen atoms in total. The van der Waals surface area contributed by atoms with Crippen LogP contribution in [0.25, 0.3) is 111 Å². The highest BCUT2D eigenvalue weighted by atomic mass is 16.3. The number of furan rings is 2. The van der Waals surface area contributed by atoms with E-state index >= 15 is 0 Å². The third-order valence-corrected chi connectivity index (χ3v) is 16.1. The number of anilines is 5. The Bertz CT molecular complexity index is 4600. The number of hydrogen-bond donors (Lipinski definition) is 1. The van der Waals surface area contributed by atoms with Gasteiger partial charge in [0.1, 0.15) is 22.3 Å². The van der Waals surface area contributed by atoms with Crippen molar-refractivity contribution >= 4 is 95.4 Å². The smallest absolute Gasteiger partial charge is 0.252 e. The van der Waals surface area contributed by atoms with Gasteiger partial charge in [0.15, 0.2) is 0 Å². The van der Waals surface area contributed by atoms with Crippen LogP contribution in [0.1, 0.15) is 0 Å². The molecule has 14 aromatic rings. The Morgan fingerprint density at radius 3 is 1.35 bits per heavy atom. The van der Waals surface area contributed by atoms with Gasteiger partial charge in [-0.2, -0.15) is 0 Å². The van der Waals surface area contributed by atoms with Crippen molar-refractivity contribution in [1.29, 1.82) is 0 Å². The number of benzene rings is 12. The summed E-state index contributed by atoms with van der Waals surface area (Å²) in [5, 5.41) is 8.57. The van der Waals surface area contributed by atoms with E-state index in [9.17, 15) is 0 Å². The fourth-order valence-corrected chi connectivity index (χ4v) is 12.6. The van der Waals surface area contributed by atoms with Gasteiger partial charge in [-0.25, -0.2) is 0 Å². The Hall–Kier alpha value is -10.1. The van der Waals surface area contributed by atoms with Crippen molar-refractivity contribution in [2.75, 3.05) is 10.2 Å². The third kappa shape index (κ3) is 6.80. The second-order valence-corrected chi connectivity index (χ2v) is 20.3. The lowest BCUT2D eigenvalue weighted by molar-refractivity contribution is 0.669. The molecule has 2 aromatic heterocycles. The predicted molar refractivity (Wildman–Crippen MR) is 323 cm³/mol. The third-order valence-electron chi connectivity index (χ3n) is 16.1. The minimum absolute atomic E-state index is 0.195. The first-order valence-electron chi connectivity index (χ1n) is 26.4. The van der Waals surface area contributed by atoms with E-state index in [0.29, 0.717) is 0 Å². The Balaban J connectivity index is 1.02. The molecule has 0 amide bonds. The highest BCUT2D eigenvalue weighted by Crippen LogP contribution is 2.52. The average Bonchev–Trinajstić information content (AvgIpc) is 4.22. The van der Waals surface area contributed by atoms with Crippen molar-refractivity contribution in [3.63, 3.8) is 0 Å². The highest BCUT2D eigenvalue weighted by Gasteiger charge is 2.43. The van der Waals surface area contributed by atoms with Gasteiger partial charge in [0.05, 0.1) is 5.69 Å². The van der Waals surface area contributed by atoms with Gasteiger partial charge in [-0.05, 0) is 97.8 Å². The number of para-hydroxylation sites is 4. The Morgan fingerprint density at radius 2 is 0.779 bits per heavy atom. The average molecular weight is 981 g/mol. The monoisotopic (exact) mass is 980 g/mol. The summed E-state index contributed by atoms with van der Waals surface area (Å²) in [4.78, 5) is 2.58. The fourth-order valence-electron chi connectivity index (χ4n) is 12.6. The molecule has 0 spiro atoms. The zero-order valence-electron chi connectivity index (χ0n) is 41.7. The molecule has 5 heteroatoms. The molecule has 0 atom stereocenters. The normalized spacial score (nSPS) is 12.5. The van der Waals surface area contributed by atoms with E-state index in [1.165, 1.54) is 16.4 Å². The van der Waals surface area contributed by atoms with Crippen LogP contribution in [-0.4, -0.2) is 6.71 Å². The summed E-state index contributed by atoms with van der Waals surface area (Å²) in [6, 6.07) is 96.9. The van der Waals surface area contributed by atoms with E-state index in [2.05, 4.69) is 265 Å². The van der Waals surface area contributed by atoms with Crippen LogP contribution in [0, 0.1) is 0 Å². The Labute approximate surface area is 445 Å². The molecule has 4 heterocycles. The van der Waals surface area contributed by atoms with E-state index in [4.69, 9.17) is 8.83 Å². The van der Waals surface area contributed by atoms with E-state index in [0.717, 1.165) is 139 Å². The molecule has 2 aliphatic heterocycles. The van der Waals surface area contributed by atoms with Gasteiger partial charge in [-0.3, -0.25) is 0 Å². The first kappa shape index (κ1) is 43.3. The SMILES string of the molecule is c1ccc(-c2cc(-c3ccccc3)c(N3c4ccc(-c5cccc6c5oc5ccccc56)cc4B4c5cc(-c6cccc7c6oc6ccccc67)ccc5Nc5c(-c6ccccc6)ccc3c54)c(-c3ccccc3)c2)cc1. The lowest BCUT2D eigenvalue weighted by atomic mass is 9.33. The molecule has 77 heavy (non-hydrogen) atoms. The number of rotatable bonds is 7. The number of nitrogens with one attached hydrogen (secondary N) is 1. The quantitative estimate of drug-likeness (QED) is 0.162. The fraction of sp³-hybridized carbons (Fsp3) is 0. The van der Waals surface area contributed by atoms with Crippen molar-refractivity contribution in [3.05, 3.63) is 267 Å². The van der Waals surface area contributed by atoms with Gasteiger partial charge in [0.25, 0.3) is 6.71 Å². The van der Waals surface area contributed by atoms with Crippen LogP contribution in [0.15, 0.2) is 276 Å². The van der Waals surface area contributed by atoms with Crippen molar-refractivity contribution < 1.29 is 8.83 Å². The largest absolute Gasteiger partial charge is 0.455 e. The molecule has 0 aliphatic carbocycles. The van der Waals surface area contributed by atoms with Crippen LogP contribution >= 0.6 is 0 Å². The summed E-state index contributed by atoms with van der Waals surface area (Å²) in [5.41, 5.74) is 26.1. The van der Waals surface area contributed by atoms with Gasteiger partial charge in [-0.1, -0.05) is 224 Å². The molecule has 2 aliphatic rings. The minimum atomic E-state index is -0.195. The molecule has 0 fully saturated rings. The van der Waals surface area contributed by atoms with Gasteiger partial charge >= 0.3 is 0 Å². The summed E-state index contributed by atoms with van der Waals surface area (Å²) in [7, 11) is 0. The van der Waals surface area contributed by atoms with Crippen molar-refractivity contribution in [1.82, 2.24) is 0 Å². The van der Waals surface area contributed by atoms with Gasteiger partial charge in [0.2, 0.25) is 0 Å². The second kappa shape index (κ2) is 17.2. The summed E-state index contributed by atoms with van der Waals surface area (Å²) >= 11 is 0. The molecule has 0 saturated carbocycles. The van der Waals surface area contributed by atoms with Crippen LogP contribution in [0.3, 0.4) is 0 Å². The minimum Gasteiger partial charge on any atom is -0.455 e. The summed E-state index contributed by atoms with van der Waals surface area (Å²) in [5.74, 6) is 0. The van der Waals surface area contributed by atoms with E-state index < -0.39 is 0 Å². The number of fused-ring (bicyclic) bond motifs is 10. The summed E-state index contributed by atoms with van der Waals surface area (Å²) in [6.45, 7) is -0.195. The predicted octanol–water partition coefficient (Wildman–Crippen LogP) is 17.8. The van der Waals surface area contributed by atoms with Crippen molar-refractivity contribution in [3.8, 4) is 66.8 Å². The van der Waals surface area contributed by atoms with E-state index in [1.54, 1.807) is 0 Å². The molecular weight excluding hydrogens is 936 g/mol. The molecule has 1 N–H and O–H groups in total. The van der Waals surface area contributed by atoms with Crippen LogP contribution < -0.4 is 26.6 Å². The molecule has 0 radical (unpaired) electrons. The highest BCUT2D eigenvalue weighted by molar-refractivity contribution is 7.00. The van der Waals surface area contributed by atoms with Gasteiger partial charge < -0.3 is 19.1 Å². The van der Waals surface area contributed by atoms with Crippen LogP contribution in [0.2, 0.25) is 0 Å². The molecule has 12 aromatic carbocycles. The zero-order valence-corrected chi connectivity index (χ0v) is 41.7. The molecule has 0 bridgehead atoms. The van der Waals surface area contributed by atoms with Crippen molar-refractivity contribution in [2.24, 2.45) is 0 Å². The molecule has 16 rings (SSSR count). The lowest BCUT2D eigenvalue weighted by Gasteiger charge is -2.43. The maximum atomic E-state index is 6.80. The first-order valence-corrected chi connectivity index (χ1v) is 26.4. The van der Waals surface area contributed by atoms with Crippen molar-refractivity contribution in [2.45, 2.75) is 0 Å². The maximum Gasteiger partial charge on any atom is 0.252 e.